The molecule has 1 aromatic carbocycles. The molecule has 4 N–H and O–H groups in total. The van der Waals surface area contributed by atoms with Crippen molar-refractivity contribution in [3.8, 4) is 0 Å². The maximum Gasteiger partial charge on any atom is 0.426 e. The minimum absolute atomic E-state index is 0.0274. The van der Waals surface area contributed by atoms with Gasteiger partial charge in [-0.3, -0.25) is 33.6 Å². The first-order valence-corrected chi connectivity index (χ1v) is 21.5. The Hall–Kier alpha value is -4.52. The quantitative estimate of drug-likeness (QED) is 0.244. The molecule has 2 heterocycles. The van der Waals surface area contributed by atoms with Crippen molar-refractivity contribution in [2.75, 3.05) is 33.7 Å². The van der Waals surface area contributed by atoms with Gasteiger partial charge in [-0.15, -0.1) is 0 Å². The Morgan fingerprint density at radius 3 is 2.27 bits per heavy atom. The van der Waals surface area contributed by atoms with Crippen LogP contribution in [0, 0.1) is 11.8 Å². The van der Waals surface area contributed by atoms with Gasteiger partial charge >= 0.3 is 6.18 Å². The highest BCUT2D eigenvalue weighted by Crippen LogP contribution is 2.36. The van der Waals surface area contributed by atoms with E-state index in [2.05, 4.69) is 16.0 Å². The van der Waals surface area contributed by atoms with Crippen molar-refractivity contribution in [2.24, 2.45) is 11.8 Å². The lowest BCUT2D eigenvalue weighted by atomic mass is 9.98. The maximum atomic E-state index is 14.7. The average Bonchev–Trinajstić information content (AvgIpc) is 3.96. The van der Waals surface area contributed by atoms with Gasteiger partial charge in [-0.2, -0.15) is 13.2 Å². The van der Waals surface area contributed by atoms with Gasteiger partial charge < -0.3 is 40.7 Å². The zero-order valence-corrected chi connectivity index (χ0v) is 37.0. The summed E-state index contributed by atoms with van der Waals surface area (Å²) in [7, 11) is 2.91. The van der Waals surface area contributed by atoms with Gasteiger partial charge in [-0.05, 0) is 88.8 Å². The van der Waals surface area contributed by atoms with Crippen LogP contribution in [0.4, 0.5) is 17.6 Å². The molecule has 62 heavy (non-hydrogen) atoms. The number of nitrogens with one attached hydrogen (secondary N) is 3. The van der Waals surface area contributed by atoms with Crippen molar-refractivity contribution in [1.29, 1.82) is 0 Å². The molecule has 0 spiro atoms. The lowest BCUT2D eigenvalue weighted by Gasteiger charge is -2.36. The average molecular weight is 902 g/mol. The molecule has 8 atom stereocenters. The number of carbonyl (C=O) groups is 7. The Labute approximate surface area is 364 Å². The van der Waals surface area contributed by atoms with Crippen molar-refractivity contribution < 1.29 is 56.2 Å². The Morgan fingerprint density at radius 2 is 1.69 bits per heavy atom. The van der Waals surface area contributed by atoms with Crippen LogP contribution < -0.4 is 16.0 Å². The summed E-state index contributed by atoms with van der Waals surface area (Å²) < 4.78 is 55.5. The number of alkyl halides is 4. The zero-order valence-electron chi connectivity index (χ0n) is 36.3. The van der Waals surface area contributed by atoms with Gasteiger partial charge in [0.2, 0.25) is 41.0 Å². The SMILES string of the molecule is CCN1C(=O)[C@H](CC(C)C)NC(=O)[C@@H](N(C)C(=O)[C@@H](NC(=O)[C@@H]2C[C@@H](F)CN2C(=O)[C@@](C)(O)C(F)(F)F)C2CC2)CCCCN(C)C(=O)[C@@H](C)NC(=O)[C@@H]1Cc1cccc(Cl)c1. The Balaban J connectivity index is 1.67. The van der Waals surface area contributed by atoms with Crippen LogP contribution in [-0.4, -0.2) is 154 Å². The second-order valence-electron chi connectivity index (χ2n) is 17.3. The Bertz CT molecular complexity index is 1830. The van der Waals surface area contributed by atoms with Crippen molar-refractivity contribution in [2.45, 2.75) is 140 Å². The molecule has 1 saturated carbocycles. The van der Waals surface area contributed by atoms with E-state index in [0.717, 1.165) is 4.90 Å². The van der Waals surface area contributed by atoms with Crippen LogP contribution >= 0.6 is 11.6 Å². The van der Waals surface area contributed by atoms with Crippen molar-refractivity contribution in [3.05, 3.63) is 34.9 Å². The van der Waals surface area contributed by atoms with Gasteiger partial charge in [0, 0.05) is 45.0 Å². The molecule has 2 saturated heterocycles. The van der Waals surface area contributed by atoms with E-state index >= 15 is 0 Å². The summed E-state index contributed by atoms with van der Waals surface area (Å²) in [5.41, 5.74) is -3.27. The molecular formula is C42H60ClF4N7O8. The normalized spacial score (nSPS) is 26.5. The minimum Gasteiger partial charge on any atom is -0.373 e. The van der Waals surface area contributed by atoms with Crippen LogP contribution in [0.1, 0.15) is 85.1 Å². The summed E-state index contributed by atoms with van der Waals surface area (Å²) in [5, 5.41) is 18.6. The first-order valence-electron chi connectivity index (χ1n) is 21.1. The topological polar surface area (TPSA) is 189 Å². The fourth-order valence-corrected chi connectivity index (χ4v) is 8.23. The van der Waals surface area contributed by atoms with E-state index in [9.17, 15) is 56.2 Å². The number of aliphatic hydroxyl groups is 1. The summed E-state index contributed by atoms with van der Waals surface area (Å²) in [5.74, 6) is -6.62. The third kappa shape index (κ3) is 12.1. The number of rotatable bonds is 11. The molecule has 3 fully saturated rings. The monoisotopic (exact) mass is 901 g/mol. The lowest BCUT2D eigenvalue weighted by molar-refractivity contribution is -0.250. The number of carbonyl (C=O) groups excluding carboxylic acids is 7. The van der Waals surface area contributed by atoms with Crippen molar-refractivity contribution in [1.82, 2.24) is 35.6 Å². The van der Waals surface area contributed by atoms with Crippen LogP contribution in [0.25, 0.3) is 0 Å². The van der Waals surface area contributed by atoms with Gasteiger partial charge in [-0.1, -0.05) is 37.6 Å². The second-order valence-corrected chi connectivity index (χ2v) is 17.8. The zero-order chi connectivity index (χ0) is 46.4. The minimum atomic E-state index is -5.43. The number of nitrogens with zero attached hydrogens (tertiary/aromatic N) is 4. The number of hydrogen-bond donors (Lipinski definition) is 4. The van der Waals surface area contributed by atoms with Gasteiger partial charge in [0.1, 0.15) is 42.4 Å². The number of likely N-dealkylation sites (N-methyl/N-ethyl adjacent to an activating group) is 3. The number of hydrogen-bond acceptors (Lipinski definition) is 8. The highest BCUT2D eigenvalue weighted by Gasteiger charge is 2.59. The van der Waals surface area contributed by atoms with E-state index < -0.39 is 114 Å². The smallest absolute Gasteiger partial charge is 0.373 e. The summed E-state index contributed by atoms with van der Waals surface area (Å²) in [6, 6.07) is -0.811. The predicted octanol–water partition coefficient (Wildman–Crippen LogP) is 2.75. The molecule has 0 bridgehead atoms. The molecule has 4 rings (SSSR count). The highest BCUT2D eigenvalue weighted by atomic mass is 35.5. The van der Waals surface area contributed by atoms with Crippen LogP contribution in [0.2, 0.25) is 5.02 Å². The molecule has 7 amide bonds. The standard InChI is InChI=1S/C42H60ClF4N7O8/c1-8-53-31(20-25-12-11-13-27(43)19-25)35(56)48-24(4)37(58)51(6)17-10-9-14-30(34(55)49-29(38(53)59)18-23(2)3)52(7)39(60)33(26-15-16-26)50-36(57)32-21-28(44)22-54(32)40(61)41(5,62)42(45,46)47/h11-13,19,23-24,26,28-33,62H,8-10,14-18,20-22H2,1-7H3,(H,48,56)(H,49,55)(H,50,57)/t24-,28-,29+,30+,31+,32+,33+,41-/m1/s1. The molecule has 1 aliphatic carbocycles. The molecule has 20 heteroatoms. The summed E-state index contributed by atoms with van der Waals surface area (Å²) in [4.78, 5) is 102. The van der Waals surface area contributed by atoms with Crippen molar-refractivity contribution in [3.63, 3.8) is 0 Å². The molecule has 1 aromatic rings. The van der Waals surface area contributed by atoms with Crippen molar-refractivity contribution >= 4 is 53.0 Å². The molecule has 0 radical (unpaired) electrons. The summed E-state index contributed by atoms with van der Waals surface area (Å²) in [6.45, 7) is 6.51. The molecule has 2 aliphatic heterocycles. The summed E-state index contributed by atoms with van der Waals surface area (Å²) >= 11 is 6.27. The number of amides is 7. The summed E-state index contributed by atoms with van der Waals surface area (Å²) in [6.07, 6.45) is -6.17. The largest absolute Gasteiger partial charge is 0.426 e. The van der Waals surface area contributed by atoms with Gasteiger partial charge in [0.15, 0.2) is 0 Å². The first-order chi connectivity index (χ1) is 28.9. The highest BCUT2D eigenvalue weighted by molar-refractivity contribution is 6.30. The van der Waals surface area contributed by atoms with E-state index in [1.165, 1.54) is 16.8 Å². The van der Waals surface area contributed by atoms with Crippen LogP contribution in [0.5, 0.6) is 0 Å². The maximum absolute atomic E-state index is 14.7. The van der Waals surface area contributed by atoms with E-state index in [1.807, 2.05) is 13.8 Å². The van der Waals surface area contributed by atoms with Gasteiger partial charge in [0.25, 0.3) is 5.91 Å². The van der Waals surface area contributed by atoms with E-state index in [-0.39, 0.29) is 45.2 Å². The van der Waals surface area contributed by atoms with Gasteiger partial charge in [-0.25, -0.2) is 4.39 Å². The fraction of sp³-hybridized carbons (Fsp3) is 0.690. The van der Waals surface area contributed by atoms with E-state index in [0.29, 0.717) is 41.2 Å². The Morgan fingerprint density at radius 1 is 1.03 bits per heavy atom. The van der Waals surface area contributed by atoms with E-state index in [1.54, 1.807) is 45.2 Å². The number of benzene rings is 1. The molecule has 15 nitrogen and oxygen atoms in total. The van der Waals surface area contributed by atoms with Crippen LogP contribution in [0.15, 0.2) is 24.3 Å². The fourth-order valence-electron chi connectivity index (χ4n) is 8.01. The number of likely N-dealkylation sites (tertiary alicyclic amines) is 1. The van der Waals surface area contributed by atoms with Crippen LogP contribution in [0.3, 0.4) is 0 Å². The molecule has 0 unspecified atom stereocenters. The molecule has 0 aromatic heterocycles. The predicted molar refractivity (Wildman–Crippen MR) is 220 cm³/mol. The molecule has 3 aliphatic rings. The first kappa shape index (κ1) is 50.1. The molecule has 346 valence electrons. The third-order valence-corrected chi connectivity index (χ3v) is 12.1. The molecular weight excluding hydrogens is 842 g/mol. The van der Waals surface area contributed by atoms with Gasteiger partial charge in [0.05, 0.1) is 6.54 Å². The lowest BCUT2D eigenvalue weighted by Crippen LogP contribution is -2.62. The van der Waals surface area contributed by atoms with Crippen LogP contribution in [-0.2, 0) is 40.0 Å². The van der Waals surface area contributed by atoms with E-state index in [4.69, 9.17) is 11.6 Å². The third-order valence-electron chi connectivity index (χ3n) is 11.8. The Kier molecular flexibility index (Phi) is 16.8. The number of halogens is 5. The second kappa shape index (κ2) is 20.8.